The highest BCUT2D eigenvalue weighted by molar-refractivity contribution is 6.03. The molecule has 54 heavy (non-hydrogen) atoms. The number of methoxy groups -OCH3 is 1. The van der Waals surface area contributed by atoms with E-state index in [1.54, 1.807) is 29.2 Å². The second kappa shape index (κ2) is 18.6. The molecule has 0 saturated heterocycles. The van der Waals surface area contributed by atoms with Crippen molar-refractivity contribution in [1.82, 2.24) is 4.90 Å². The summed E-state index contributed by atoms with van der Waals surface area (Å²) in [4.78, 5) is 21.5. The Morgan fingerprint density at radius 3 is 2.52 bits per heavy atom. The molecule has 5 rings (SSSR count). The van der Waals surface area contributed by atoms with Gasteiger partial charge in [0.2, 0.25) is 5.79 Å². The second-order valence-corrected chi connectivity index (χ2v) is 15.5. The molecule has 0 aromatic heterocycles. The van der Waals surface area contributed by atoms with Gasteiger partial charge in [-0.1, -0.05) is 55.3 Å². The Hall–Kier alpha value is -3.93. The normalized spacial score (nSPS) is 25.1. The number of carbonyl (C=O) groups is 1. The number of hydrogen-bond acceptors (Lipinski definition) is 9. The van der Waals surface area contributed by atoms with Crippen LogP contribution in [-0.2, 0) is 20.9 Å². The van der Waals surface area contributed by atoms with Gasteiger partial charge < -0.3 is 34.0 Å². The topological polar surface area (TPSA) is 119 Å². The molecule has 2 aliphatic carbocycles. The number of fused-ring (bicyclic) bond motifs is 2. The van der Waals surface area contributed by atoms with Gasteiger partial charge in [-0.05, 0) is 94.5 Å². The van der Waals surface area contributed by atoms with E-state index < -0.39 is 29.4 Å². The quantitative estimate of drug-likeness (QED) is 0.0888. The van der Waals surface area contributed by atoms with Crippen LogP contribution in [0, 0.1) is 23.6 Å². The third-order valence-electron chi connectivity index (χ3n) is 10.7. The summed E-state index contributed by atoms with van der Waals surface area (Å²) in [5.74, 6) is -1.05. The van der Waals surface area contributed by atoms with Gasteiger partial charge in [-0.2, -0.15) is 0 Å². The summed E-state index contributed by atoms with van der Waals surface area (Å²) in [5.41, 5.74) is 2.46. The molecule has 10 nitrogen and oxygen atoms in total. The van der Waals surface area contributed by atoms with Crippen molar-refractivity contribution < 1.29 is 43.2 Å². The van der Waals surface area contributed by atoms with Gasteiger partial charge in [0.1, 0.15) is 35.6 Å². The van der Waals surface area contributed by atoms with Crippen molar-refractivity contribution >= 4 is 11.8 Å². The number of benzene rings is 2. The molecular weight excluding hydrogens is 691 g/mol. The zero-order valence-electron chi connectivity index (χ0n) is 32.6. The van der Waals surface area contributed by atoms with Crippen molar-refractivity contribution in [3.05, 3.63) is 83.7 Å². The molecule has 2 aromatic rings. The third kappa shape index (κ3) is 9.12. The number of ether oxygens (including phenoxy) is 4. The zero-order chi connectivity index (χ0) is 38.9. The number of halogens is 1. The summed E-state index contributed by atoms with van der Waals surface area (Å²) in [7, 11) is 1.38. The van der Waals surface area contributed by atoms with Crippen molar-refractivity contribution in [3.8, 4) is 11.5 Å². The fraction of sp³-hybridized carbons (Fsp3) is 0.581. The van der Waals surface area contributed by atoms with Crippen molar-refractivity contribution in [3.63, 3.8) is 0 Å². The predicted octanol–water partition coefficient (Wildman–Crippen LogP) is 8.32. The van der Waals surface area contributed by atoms with E-state index in [2.05, 4.69) is 12.7 Å². The van der Waals surface area contributed by atoms with Crippen LogP contribution in [0.3, 0.4) is 0 Å². The number of aliphatic hydroxyl groups is 2. The molecule has 3 aliphatic rings. The van der Waals surface area contributed by atoms with Gasteiger partial charge in [-0.25, -0.2) is 9.18 Å². The molecule has 296 valence electrons. The molecule has 0 unspecified atom stereocenters. The van der Waals surface area contributed by atoms with Gasteiger partial charge in [-0.15, -0.1) is 6.58 Å². The minimum atomic E-state index is -1.37. The van der Waals surface area contributed by atoms with E-state index in [1.165, 1.54) is 13.2 Å². The molecule has 1 fully saturated rings. The Balaban J connectivity index is 1.76. The van der Waals surface area contributed by atoms with E-state index in [4.69, 9.17) is 28.9 Å². The first-order valence-electron chi connectivity index (χ1n) is 19.5. The summed E-state index contributed by atoms with van der Waals surface area (Å²) in [6.07, 6.45) is 9.05. The molecule has 0 bridgehead atoms. The van der Waals surface area contributed by atoms with Crippen LogP contribution in [0.25, 0.3) is 0 Å². The molecule has 1 saturated carbocycles. The summed E-state index contributed by atoms with van der Waals surface area (Å²) in [5, 5.41) is 24.5. The van der Waals surface area contributed by atoms with E-state index in [1.807, 2.05) is 45.9 Å². The number of amides is 1. The van der Waals surface area contributed by atoms with Gasteiger partial charge in [0.05, 0.1) is 25.3 Å². The van der Waals surface area contributed by atoms with E-state index in [9.17, 15) is 19.4 Å². The fourth-order valence-electron chi connectivity index (χ4n) is 8.44. The smallest absolute Gasteiger partial charge is 0.409 e. The summed E-state index contributed by atoms with van der Waals surface area (Å²) < 4.78 is 40.4. The van der Waals surface area contributed by atoms with Crippen molar-refractivity contribution in [2.24, 2.45) is 22.9 Å². The molecule has 2 N–H and O–H groups in total. The maximum absolute atomic E-state index is 14.6. The lowest BCUT2D eigenvalue weighted by molar-refractivity contribution is -0.255. The highest BCUT2D eigenvalue weighted by Gasteiger charge is 2.65. The maximum Gasteiger partial charge on any atom is 0.409 e. The first-order valence-corrected chi connectivity index (χ1v) is 19.5. The number of aliphatic hydroxyl groups excluding tert-OH is 2. The standard InChI is InChI=1S/C43H59FN2O8/c1-7-21-46(41(49)50-6)38-27-36(45-54-42(3,4)5)33-25-29(15-11-13-22-47)32(17-12-14-23-48)39-34-26-31(51-28-30-16-9-10-18-35(30)44)19-20-37(34)53-43(38,40(33)39)52-24-8-2/h8-10,16,18-20,25-26,29,32,38-40,47-48H,2,7,11-15,17,21-24,27-28H2,1,3-6H3/t29-,32+,38-,39+,40+,43+/m0/s1. The molecule has 0 spiro atoms. The molecule has 6 atom stereocenters. The lowest BCUT2D eigenvalue weighted by atomic mass is 9.55. The highest BCUT2D eigenvalue weighted by atomic mass is 19.1. The van der Waals surface area contributed by atoms with E-state index in [0.29, 0.717) is 48.6 Å². The maximum atomic E-state index is 14.6. The van der Waals surface area contributed by atoms with E-state index in [-0.39, 0.29) is 56.4 Å². The SMILES string of the molecule is C=CCO[C@@]12Oc3ccc(OCc4ccccc4F)cc3[C@H]3[C@H](CCCCO)[C@@H](CCCCO)C=C(C(=NOC(C)(C)C)C[C@@H]1N(CCC)C(=O)OC)[C@H]32. The highest BCUT2D eigenvalue weighted by Crippen LogP contribution is 2.62. The molecule has 1 amide bonds. The first-order chi connectivity index (χ1) is 26.0. The van der Waals surface area contributed by atoms with E-state index in [0.717, 1.165) is 36.8 Å². The van der Waals surface area contributed by atoms with Gasteiger partial charge in [0.15, 0.2) is 0 Å². The molecule has 1 aliphatic heterocycles. The van der Waals surface area contributed by atoms with Gasteiger partial charge >= 0.3 is 6.09 Å². The second-order valence-electron chi connectivity index (χ2n) is 15.5. The van der Waals surface area contributed by atoms with Gasteiger partial charge in [0, 0.05) is 43.2 Å². The van der Waals surface area contributed by atoms with Gasteiger partial charge in [-0.3, -0.25) is 4.90 Å². The number of allylic oxidation sites excluding steroid dienone is 1. The third-order valence-corrected chi connectivity index (χ3v) is 10.7. The van der Waals surface area contributed by atoms with Crippen LogP contribution < -0.4 is 9.47 Å². The minimum absolute atomic E-state index is 0.0514. The Labute approximate surface area is 319 Å². The molecule has 1 heterocycles. The predicted molar refractivity (Wildman–Crippen MR) is 206 cm³/mol. The van der Waals surface area contributed by atoms with Gasteiger partial charge in [0.25, 0.3) is 0 Å². The van der Waals surface area contributed by atoms with Crippen LogP contribution >= 0.6 is 0 Å². The number of rotatable bonds is 18. The number of oxime groups is 1. The van der Waals surface area contributed by atoms with Crippen LogP contribution in [0.15, 0.2) is 71.9 Å². The van der Waals surface area contributed by atoms with Crippen LogP contribution in [-0.4, -0.2) is 77.8 Å². The Morgan fingerprint density at radius 1 is 1.11 bits per heavy atom. The Bertz CT molecular complexity index is 1640. The number of unbranched alkanes of at least 4 members (excludes halogenated alkanes) is 2. The summed E-state index contributed by atoms with van der Waals surface area (Å²) in [6, 6.07) is 11.6. The monoisotopic (exact) mass is 750 g/mol. The number of carbonyl (C=O) groups excluding carboxylic acids is 1. The fourth-order valence-corrected chi connectivity index (χ4v) is 8.44. The van der Waals surface area contributed by atoms with Crippen molar-refractivity contribution in [1.29, 1.82) is 0 Å². The molecule has 11 heteroatoms. The average molecular weight is 751 g/mol. The molecular formula is C43H59FN2O8. The van der Waals surface area contributed by atoms with E-state index >= 15 is 0 Å². The Kier molecular flexibility index (Phi) is 14.2. The zero-order valence-corrected chi connectivity index (χ0v) is 32.6. The first kappa shape index (κ1) is 41.2. The number of nitrogens with zero attached hydrogens (tertiary/aromatic N) is 2. The lowest BCUT2D eigenvalue weighted by Gasteiger charge is -2.60. The largest absolute Gasteiger partial charge is 0.489 e. The van der Waals surface area contributed by atoms with Crippen molar-refractivity contribution in [2.75, 3.05) is 33.5 Å². The Morgan fingerprint density at radius 2 is 1.85 bits per heavy atom. The number of hydrogen-bond donors (Lipinski definition) is 2. The van der Waals surface area contributed by atoms with Crippen LogP contribution in [0.1, 0.15) is 96.1 Å². The van der Waals surface area contributed by atoms with Crippen LogP contribution in [0.4, 0.5) is 9.18 Å². The van der Waals surface area contributed by atoms with Crippen molar-refractivity contribution in [2.45, 2.75) is 109 Å². The summed E-state index contributed by atoms with van der Waals surface area (Å²) in [6.45, 7) is 12.6. The molecule has 0 radical (unpaired) electrons. The lowest BCUT2D eigenvalue weighted by Crippen LogP contribution is -2.70. The van der Waals surface area contributed by atoms with Crippen LogP contribution in [0.2, 0.25) is 0 Å². The molecule has 2 aromatic carbocycles. The minimum Gasteiger partial charge on any atom is -0.489 e. The summed E-state index contributed by atoms with van der Waals surface area (Å²) >= 11 is 0. The van der Waals surface area contributed by atoms with Crippen LogP contribution in [0.5, 0.6) is 11.5 Å². The average Bonchev–Trinajstić information content (AvgIpc) is 3.15.